The van der Waals surface area contributed by atoms with Crippen LogP contribution in [-0.4, -0.2) is 58.0 Å². The van der Waals surface area contributed by atoms with Crippen molar-refractivity contribution in [3.05, 3.63) is 55.4 Å². The molecule has 184 valence electrons. The first-order chi connectivity index (χ1) is 15.8. The molecular formula is C23H27ClF2N4O4. The highest BCUT2D eigenvalue weighted by molar-refractivity contribution is 5.99. The van der Waals surface area contributed by atoms with E-state index in [1.165, 1.54) is 10.8 Å². The van der Waals surface area contributed by atoms with Crippen LogP contribution in [0.5, 0.6) is 0 Å². The number of pyridine rings is 1. The predicted octanol–water partition coefficient (Wildman–Crippen LogP) is 3.69. The van der Waals surface area contributed by atoms with Crippen molar-refractivity contribution in [2.24, 2.45) is 0 Å². The molecule has 1 aliphatic carbocycles. The minimum absolute atomic E-state index is 0. The number of nitro groups is 1. The van der Waals surface area contributed by atoms with Gasteiger partial charge in [-0.15, -0.1) is 12.4 Å². The SMILES string of the molecule is Cl.O=C(C[N+](=O)[O-])c1cn(C2CC2)c2c(F)c(C3CCCN(N4CCCC4)C3)c(F)cc2c1=O. The summed E-state index contributed by atoms with van der Waals surface area (Å²) in [5.41, 5.74) is -1.27. The zero-order valence-corrected chi connectivity index (χ0v) is 19.5. The first-order valence-corrected chi connectivity index (χ1v) is 11.6. The molecule has 3 aliphatic rings. The second-order valence-corrected chi connectivity index (χ2v) is 9.32. The third kappa shape index (κ3) is 4.46. The van der Waals surface area contributed by atoms with E-state index in [1.54, 1.807) is 0 Å². The maximum absolute atomic E-state index is 16.0. The van der Waals surface area contributed by atoms with Crippen LogP contribution in [0.25, 0.3) is 10.9 Å². The minimum atomic E-state index is -1.04. The lowest BCUT2D eigenvalue weighted by molar-refractivity contribution is -0.465. The number of benzene rings is 1. The number of carbonyl (C=O) groups is 1. The average Bonchev–Trinajstić information content (AvgIpc) is 3.47. The number of hydrazine groups is 1. The number of hydrogen-bond donors (Lipinski definition) is 0. The number of fused-ring (bicyclic) bond motifs is 1. The standard InChI is InChI=1S/C23H26F2N4O4.ClH/c24-18-10-16-22(28(15-5-6-15)12-17(23(16)31)19(30)13-29(32)33)21(25)20(18)14-4-3-9-27(11-14)26-7-1-2-8-26;/h10,12,14-15H,1-9,11,13H2;1H. The maximum Gasteiger partial charge on any atom is 0.266 e. The highest BCUT2D eigenvalue weighted by atomic mass is 35.5. The van der Waals surface area contributed by atoms with Crippen molar-refractivity contribution in [3.63, 3.8) is 0 Å². The van der Waals surface area contributed by atoms with Gasteiger partial charge in [-0.25, -0.2) is 18.8 Å². The molecule has 0 radical (unpaired) electrons. The van der Waals surface area contributed by atoms with Gasteiger partial charge in [0.2, 0.25) is 11.2 Å². The summed E-state index contributed by atoms with van der Waals surface area (Å²) in [6, 6.07) is 0.905. The second-order valence-electron chi connectivity index (χ2n) is 9.32. The maximum atomic E-state index is 16.0. The third-order valence-electron chi connectivity index (χ3n) is 7.05. The normalized spacial score (nSPS) is 21.5. The van der Waals surface area contributed by atoms with Crippen LogP contribution in [0.4, 0.5) is 8.78 Å². The number of rotatable bonds is 6. The number of aromatic nitrogens is 1. The average molecular weight is 497 g/mol. The Kier molecular flexibility index (Phi) is 7.02. The number of piperidine rings is 1. The summed E-state index contributed by atoms with van der Waals surface area (Å²) in [6.07, 6.45) is 6.41. The zero-order chi connectivity index (χ0) is 23.3. The van der Waals surface area contributed by atoms with E-state index in [1.807, 2.05) is 0 Å². The van der Waals surface area contributed by atoms with Crippen molar-refractivity contribution in [1.82, 2.24) is 14.6 Å². The van der Waals surface area contributed by atoms with Gasteiger partial charge in [0.1, 0.15) is 5.82 Å². The monoisotopic (exact) mass is 496 g/mol. The van der Waals surface area contributed by atoms with Crippen LogP contribution in [0, 0.1) is 21.7 Å². The molecule has 0 N–H and O–H groups in total. The summed E-state index contributed by atoms with van der Waals surface area (Å²) < 4.78 is 32.8. The number of hydrogen-bond acceptors (Lipinski definition) is 6. The van der Waals surface area contributed by atoms with Gasteiger partial charge in [-0.2, -0.15) is 0 Å². The molecule has 0 spiro atoms. The highest BCUT2D eigenvalue weighted by Gasteiger charge is 2.34. The molecule has 2 aromatic rings. The van der Waals surface area contributed by atoms with Crippen LogP contribution in [0.2, 0.25) is 0 Å². The molecule has 2 saturated heterocycles. The molecule has 3 fully saturated rings. The largest absolute Gasteiger partial charge is 0.341 e. The van der Waals surface area contributed by atoms with Crippen LogP contribution in [-0.2, 0) is 0 Å². The molecule has 1 aromatic carbocycles. The van der Waals surface area contributed by atoms with Crippen molar-refractivity contribution >= 4 is 29.1 Å². The fraction of sp³-hybridized carbons (Fsp3) is 0.565. The second kappa shape index (κ2) is 9.67. The zero-order valence-electron chi connectivity index (χ0n) is 18.7. The van der Waals surface area contributed by atoms with Crippen molar-refractivity contribution in [2.45, 2.75) is 50.5 Å². The van der Waals surface area contributed by atoms with Crippen LogP contribution in [0.3, 0.4) is 0 Å². The van der Waals surface area contributed by atoms with Crippen molar-refractivity contribution in [2.75, 3.05) is 32.7 Å². The highest BCUT2D eigenvalue weighted by Crippen LogP contribution is 2.40. The van der Waals surface area contributed by atoms with Crippen LogP contribution < -0.4 is 5.43 Å². The number of nitrogens with zero attached hydrogens (tertiary/aromatic N) is 4. The topological polar surface area (TPSA) is 88.7 Å². The molecule has 34 heavy (non-hydrogen) atoms. The first-order valence-electron chi connectivity index (χ1n) is 11.6. The summed E-state index contributed by atoms with van der Waals surface area (Å²) in [6.45, 7) is 2.26. The lowest BCUT2D eigenvalue weighted by atomic mass is 9.89. The van der Waals surface area contributed by atoms with Gasteiger partial charge in [0, 0.05) is 54.8 Å². The van der Waals surface area contributed by atoms with Crippen molar-refractivity contribution < 1.29 is 18.5 Å². The Balaban J connectivity index is 0.00000274. The molecule has 3 heterocycles. The number of halogens is 3. The van der Waals surface area contributed by atoms with Gasteiger partial charge in [-0.3, -0.25) is 19.7 Å². The van der Waals surface area contributed by atoms with Gasteiger partial charge < -0.3 is 4.57 Å². The number of Topliss-reactive ketones (excluding diaryl/α,β-unsaturated/α-hetero) is 1. The Morgan fingerprint density at radius 3 is 2.41 bits per heavy atom. The van der Waals surface area contributed by atoms with E-state index in [-0.39, 0.29) is 40.8 Å². The first kappa shape index (κ1) is 24.7. The summed E-state index contributed by atoms with van der Waals surface area (Å²) in [5, 5.41) is 15.0. The smallest absolute Gasteiger partial charge is 0.266 e. The van der Waals surface area contributed by atoms with Gasteiger partial charge in [-0.1, -0.05) is 0 Å². The van der Waals surface area contributed by atoms with Gasteiger partial charge in [0.25, 0.3) is 6.54 Å². The Hall–Kier alpha value is -2.43. The van der Waals surface area contributed by atoms with E-state index < -0.39 is 39.9 Å². The Morgan fingerprint density at radius 2 is 1.76 bits per heavy atom. The molecule has 1 unspecified atom stereocenters. The quantitative estimate of drug-likeness (QED) is 0.344. The van der Waals surface area contributed by atoms with E-state index in [4.69, 9.17) is 0 Å². The molecule has 0 bridgehead atoms. The number of carbonyl (C=O) groups excluding carboxylic acids is 1. The van der Waals surface area contributed by atoms with E-state index in [2.05, 4.69) is 10.0 Å². The van der Waals surface area contributed by atoms with Crippen LogP contribution in [0.15, 0.2) is 17.1 Å². The van der Waals surface area contributed by atoms with Gasteiger partial charge in [0.15, 0.2) is 5.82 Å². The van der Waals surface area contributed by atoms with Crippen LogP contribution in [0.1, 0.15) is 66.4 Å². The molecule has 2 aliphatic heterocycles. The van der Waals surface area contributed by atoms with Crippen molar-refractivity contribution in [1.29, 1.82) is 0 Å². The van der Waals surface area contributed by atoms with E-state index >= 15 is 8.78 Å². The summed E-state index contributed by atoms with van der Waals surface area (Å²) in [5.74, 6) is -2.86. The third-order valence-corrected chi connectivity index (χ3v) is 7.05. The molecule has 5 rings (SSSR count). The molecule has 0 amide bonds. The molecule has 1 saturated carbocycles. The molecule has 11 heteroatoms. The molecule has 8 nitrogen and oxygen atoms in total. The van der Waals surface area contributed by atoms with E-state index in [0.717, 1.165) is 57.8 Å². The molecule has 1 aromatic heterocycles. The fourth-order valence-corrected chi connectivity index (χ4v) is 5.31. The Morgan fingerprint density at radius 1 is 1.09 bits per heavy atom. The van der Waals surface area contributed by atoms with E-state index in [9.17, 15) is 19.7 Å². The molecular weight excluding hydrogens is 470 g/mol. The molecule has 1 atom stereocenters. The Bertz CT molecular complexity index is 1190. The van der Waals surface area contributed by atoms with Gasteiger partial charge >= 0.3 is 0 Å². The predicted molar refractivity (Wildman–Crippen MR) is 124 cm³/mol. The minimum Gasteiger partial charge on any atom is -0.341 e. The van der Waals surface area contributed by atoms with Crippen LogP contribution >= 0.6 is 12.4 Å². The Labute approximate surface area is 201 Å². The fourth-order valence-electron chi connectivity index (χ4n) is 5.31. The summed E-state index contributed by atoms with van der Waals surface area (Å²) >= 11 is 0. The van der Waals surface area contributed by atoms with E-state index in [0.29, 0.717) is 13.0 Å². The lowest BCUT2D eigenvalue weighted by Gasteiger charge is -2.38. The summed E-state index contributed by atoms with van der Waals surface area (Å²) in [7, 11) is 0. The lowest BCUT2D eigenvalue weighted by Crippen LogP contribution is -2.46. The summed E-state index contributed by atoms with van der Waals surface area (Å²) in [4.78, 5) is 35.2. The van der Waals surface area contributed by atoms with Gasteiger partial charge in [-0.05, 0) is 44.6 Å². The number of ketones is 1. The van der Waals surface area contributed by atoms with Gasteiger partial charge in [0.05, 0.1) is 16.5 Å². The van der Waals surface area contributed by atoms with Crippen molar-refractivity contribution in [3.8, 4) is 0 Å².